The summed E-state index contributed by atoms with van der Waals surface area (Å²) < 4.78 is 7.75. The molecule has 0 bridgehead atoms. The fourth-order valence-electron chi connectivity index (χ4n) is 3.09. The predicted molar refractivity (Wildman–Crippen MR) is 96.2 cm³/mol. The van der Waals surface area contributed by atoms with E-state index in [0.717, 1.165) is 47.6 Å². The van der Waals surface area contributed by atoms with E-state index in [1.54, 1.807) is 0 Å². The van der Waals surface area contributed by atoms with Gasteiger partial charge in [0.1, 0.15) is 11.6 Å². The Morgan fingerprint density at radius 2 is 2.12 bits per heavy atom. The number of benzene rings is 1. The molecule has 1 unspecified atom stereocenters. The van der Waals surface area contributed by atoms with Gasteiger partial charge in [-0.25, -0.2) is 9.97 Å². The van der Waals surface area contributed by atoms with Crippen molar-refractivity contribution in [1.82, 2.24) is 24.4 Å². The molecule has 1 N–H and O–H groups in total. The maximum Gasteiger partial charge on any atom is 0.126 e. The molecule has 3 aromatic rings. The summed E-state index contributed by atoms with van der Waals surface area (Å²) in [7, 11) is 2.02. The summed E-state index contributed by atoms with van der Waals surface area (Å²) in [6.45, 7) is 2.98. The largest absolute Gasteiger partial charge is 0.378 e. The van der Waals surface area contributed by atoms with Gasteiger partial charge in [-0.15, -0.1) is 0 Å². The summed E-state index contributed by atoms with van der Waals surface area (Å²) in [5, 5.41) is 0.727. The van der Waals surface area contributed by atoms with Crippen molar-refractivity contribution in [3.8, 4) is 11.3 Å². The van der Waals surface area contributed by atoms with Gasteiger partial charge in [0.2, 0.25) is 0 Å². The van der Waals surface area contributed by atoms with E-state index in [-0.39, 0.29) is 6.04 Å². The van der Waals surface area contributed by atoms with Crippen LogP contribution >= 0.6 is 11.6 Å². The van der Waals surface area contributed by atoms with Gasteiger partial charge in [-0.1, -0.05) is 23.7 Å². The fraction of sp³-hybridized carbons (Fsp3) is 0.333. The molecule has 1 saturated heterocycles. The minimum atomic E-state index is 0.0894. The van der Waals surface area contributed by atoms with Crippen LogP contribution in [0.1, 0.15) is 17.7 Å². The molecule has 6 nitrogen and oxygen atoms in total. The number of halogens is 1. The van der Waals surface area contributed by atoms with E-state index >= 15 is 0 Å². The summed E-state index contributed by atoms with van der Waals surface area (Å²) in [6.07, 6.45) is 5.67. The molecule has 1 aliphatic heterocycles. The van der Waals surface area contributed by atoms with Crippen LogP contribution in [0.4, 0.5) is 0 Å². The third-order valence-electron chi connectivity index (χ3n) is 4.57. The van der Waals surface area contributed by atoms with Crippen LogP contribution in [0.2, 0.25) is 5.02 Å². The average molecular weight is 358 g/mol. The molecule has 4 rings (SSSR count). The molecule has 0 spiro atoms. The van der Waals surface area contributed by atoms with Crippen LogP contribution in [0.3, 0.4) is 0 Å². The van der Waals surface area contributed by atoms with Gasteiger partial charge >= 0.3 is 0 Å². The molecule has 3 heterocycles. The highest BCUT2D eigenvalue weighted by atomic mass is 35.5. The number of imidazole rings is 2. The molecule has 1 fully saturated rings. The first-order valence-corrected chi connectivity index (χ1v) is 8.67. The molecular weight excluding hydrogens is 338 g/mol. The van der Waals surface area contributed by atoms with Crippen molar-refractivity contribution < 1.29 is 4.74 Å². The van der Waals surface area contributed by atoms with Gasteiger partial charge in [-0.05, 0) is 17.7 Å². The minimum Gasteiger partial charge on any atom is -0.378 e. The van der Waals surface area contributed by atoms with Crippen molar-refractivity contribution in [3.05, 3.63) is 59.5 Å². The highest BCUT2D eigenvalue weighted by Crippen LogP contribution is 2.26. The van der Waals surface area contributed by atoms with Crippen LogP contribution in [0, 0.1) is 0 Å². The molecule has 1 atom stereocenters. The summed E-state index contributed by atoms with van der Waals surface area (Å²) in [5.74, 6) is 1.95. The first-order chi connectivity index (χ1) is 12.2. The zero-order valence-electron chi connectivity index (χ0n) is 14.0. The molecule has 0 amide bonds. The number of ether oxygens (including phenoxy) is 1. The zero-order chi connectivity index (χ0) is 17.2. The van der Waals surface area contributed by atoms with Crippen molar-refractivity contribution in [2.24, 2.45) is 7.05 Å². The third kappa shape index (κ3) is 3.46. The topological polar surface area (TPSA) is 59.0 Å². The first kappa shape index (κ1) is 16.3. The lowest BCUT2D eigenvalue weighted by molar-refractivity contribution is -0.0170. The Morgan fingerprint density at radius 1 is 1.28 bits per heavy atom. The first-order valence-electron chi connectivity index (χ1n) is 8.29. The van der Waals surface area contributed by atoms with Crippen molar-refractivity contribution in [1.29, 1.82) is 0 Å². The number of H-pyrrole nitrogens is 1. The van der Waals surface area contributed by atoms with E-state index in [1.807, 2.05) is 54.5 Å². The van der Waals surface area contributed by atoms with E-state index in [1.165, 1.54) is 0 Å². The van der Waals surface area contributed by atoms with Crippen molar-refractivity contribution >= 4 is 11.6 Å². The number of morpholine rings is 1. The Kier molecular flexibility index (Phi) is 4.57. The quantitative estimate of drug-likeness (QED) is 0.779. The number of hydrogen-bond acceptors (Lipinski definition) is 4. The monoisotopic (exact) mass is 357 g/mol. The molecule has 0 radical (unpaired) electrons. The Hall–Kier alpha value is -2.15. The van der Waals surface area contributed by atoms with Crippen LogP contribution < -0.4 is 0 Å². The van der Waals surface area contributed by atoms with Crippen LogP contribution in [-0.4, -0.2) is 44.2 Å². The number of nitrogens with zero attached hydrogens (tertiary/aromatic N) is 4. The van der Waals surface area contributed by atoms with Crippen molar-refractivity contribution in [2.45, 2.75) is 12.6 Å². The summed E-state index contributed by atoms with van der Waals surface area (Å²) in [5.41, 5.74) is 2.05. The molecule has 25 heavy (non-hydrogen) atoms. The maximum atomic E-state index is 5.97. The molecule has 130 valence electrons. The smallest absolute Gasteiger partial charge is 0.126 e. The number of rotatable bonds is 4. The molecule has 1 aromatic carbocycles. The van der Waals surface area contributed by atoms with Gasteiger partial charge in [-0.3, -0.25) is 4.90 Å². The van der Waals surface area contributed by atoms with Gasteiger partial charge in [0.15, 0.2) is 0 Å². The number of hydrogen-bond donors (Lipinski definition) is 1. The Bertz CT molecular complexity index is 841. The highest BCUT2D eigenvalue weighted by molar-refractivity contribution is 6.30. The lowest BCUT2D eigenvalue weighted by atomic mass is 10.2. The standard InChI is InChI=1S/C18H20ClN5O/c1-23-7-6-20-17(23)11-24-8-9-25-12-16(24)18-21-10-15(22-18)13-2-4-14(19)5-3-13/h2-7,10,16H,8-9,11-12H2,1H3,(H,21,22). The number of aromatic nitrogens is 4. The van der Waals surface area contributed by atoms with E-state index in [0.29, 0.717) is 6.61 Å². The second kappa shape index (κ2) is 7.00. The zero-order valence-corrected chi connectivity index (χ0v) is 14.8. The Labute approximate surface area is 151 Å². The van der Waals surface area contributed by atoms with Crippen LogP contribution in [0.5, 0.6) is 0 Å². The van der Waals surface area contributed by atoms with E-state index < -0.39 is 0 Å². The summed E-state index contributed by atoms with van der Waals surface area (Å²) >= 11 is 5.97. The lowest BCUT2D eigenvalue weighted by Crippen LogP contribution is -2.40. The average Bonchev–Trinajstić information content (AvgIpc) is 3.26. The Morgan fingerprint density at radius 3 is 2.88 bits per heavy atom. The molecule has 7 heteroatoms. The predicted octanol–water partition coefficient (Wildman–Crippen LogP) is 3.04. The van der Waals surface area contributed by atoms with Crippen molar-refractivity contribution in [2.75, 3.05) is 19.8 Å². The molecular formula is C18H20ClN5O. The van der Waals surface area contributed by atoms with E-state index in [4.69, 9.17) is 16.3 Å². The lowest BCUT2D eigenvalue weighted by Gasteiger charge is -2.34. The van der Waals surface area contributed by atoms with Gasteiger partial charge < -0.3 is 14.3 Å². The molecule has 0 saturated carbocycles. The number of nitrogens with one attached hydrogen (secondary N) is 1. The number of aryl methyl sites for hydroxylation is 1. The van der Waals surface area contributed by atoms with Gasteiger partial charge in [0.05, 0.1) is 37.7 Å². The van der Waals surface area contributed by atoms with Gasteiger partial charge in [0.25, 0.3) is 0 Å². The highest BCUT2D eigenvalue weighted by Gasteiger charge is 2.28. The Balaban J connectivity index is 1.56. The minimum absolute atomic E-state index is 0.0894. The van der Waals surface area contributed by atoms with E-state index in [9.17, 15) is 0 Å². The fourth-order valence-corrected chi connectivity index (χ4v) is 3.22. The van der Waals surface area contributed by atoms with Crippen LogP contribution in [-0.2, 0) is 18.3 Å². The molecule has 2 aromatic heterocycles. The maximum absolute atomic E-state index is 5.97. The third-order valence-corrected chi connectivity index (χ3v) is 4.82. The van der Waals surface area contributed by atoms with Crippen LogP contribution in [0.25, 0.3) is 11.3 Å². The molecule has 1 aliphatic rings. The molecule has 0 aliphatic carbocycles. The van der Waals surface area contributed by atoms with Crippen molar-refractivity contribution in [3.63, 3.8) is 0 Å². The normalized spacial score (nSPS) is 18.6. The van der Waals surface area contributed by atoms with Gasteiger partial charge in [0, 0.05) is 31.0 Å². The second-order valence-electron chi connectivity index (χ2n) is 6.20. The second-order valence-corrected chi connectivity index (χ2v) is 6.64. The summed E-state index contributed by atoms with van der Waals surface area (Å²) in [4.78, 5) is 14.8. The van der Waals surface area contributed by atoms with Crippen LogP contribution in [0.15, 0.2) is 42.9 Å². The number of aromatic amines is 1. The SMILES string of the molecule is Cn1ccnc1CN1CCOCC1c1ncc(-c2ccc(Cl)cc2)[nH]1. The van der Waals surface area contributed by atoms with E-state index in [2.05, 4.69) is 19.9 Å². The van der Waals surface area contributed by atoms with Gasteiger partial charge in [-0.2, -0.15) is 0 Å². The summed E-state index contributed by atoms with van der Waals surface area (Å²) in [6, 6.07) is 7.83.